The van der Waals surface area contributed by atoms with Crippen molar-refractivity contribution in [2.45, 2.75) is 76.5 Å². The van der Waals surface area contributed by atoms with Crippen molar-refractivity contribution >= 4 is 11.6 Å². The first kappa shape index (κ1) is 16.9. The first-order valence-corrected chi connectivity index (χ1v) is 10.4. The summed E-state index contributed by atoms with van der Waals surface area (Å²) in [5.74, 6) is 1.90. The quantitative estimate of drug-likeness (QED) is 0.654. The molecule has 2 heteroatoms. The van der Waals surface area contributed by atoms with Gasteiger partial charge in [-0.1, -0.05) is 49.5 Å². The van der Waals surface area contributed by atoms with E-state index < -0.39 is 0 Å². The van der Waals surface area contributed by atoms with Crippen molar-refractivity contribution in [1.82, 2.24) is 0 Å². The highest BCUT2D eigenvalue weighted by molar-refractivity contribution is 5.92. The van der Waals surface area contributed by atoms with Crippen LogP contribution in [0.4, 0.5) is 5.69 Å². The smallest absolute Gasteiger partial charge is 0.227 e. The minimum Gasteiger partial charge on any atom is -0.326 e. The zero-order valence-corrected chi connectivity index (χ0v) is 15.3. The summed E-state index contributed by atoms with van der Waals surface area (Å²) in [6.45, 7) is 0. The second-order valence-electron chi connectivity index (χ2n) is 8.26. The van der Waals surface area contributed by atoms with Crippen molar-refractivity contribution in [1.29, 1.82) is 0 Å². The van der Waals surface area contributed by atoms with Gasteiger partial charge < -0.3 is 5.32 Å². The molecule has 0 radical (unpaired) electrons. The van der Waals surface area contributed by atoms with E-state index in [0.717, 1.165) is 24.4 Å². The van der Waals surface area contributed by atoms with Gasteiger partial charge in [0.2, 0.25) is 5.91 Å². The van der Waals surface area contributed by atoms with Gasteiger partial charge >= 0.3 is 0 Å². The largest absolute Gasteiger partial charge is 0.326 e. The Balaban J connectivity index is 1.41. The molecule has 3 aliphatic rings. The summed E-state index contributed by atoms with van der Waals surface area (Å²) in [5.41, 5.74) is 4.15. The number of fused-ring (bicyclic) bond motifs is 1. The average Bonchev–Trinajstić information content (AvgIpc) is 2.69. The van der Waals surface area contributed by atoms with Crippen molar-refractivity contribution in [3.05, 3.63) is 41.5 Å². The maximum atomic E-state index is 12.4. The minimum absolute atomic E-state index is 0.224. The second-order valence-corrected chi connectivity index (χ2v) is 8.26. The number of carbonyl (C=O) groups is 1. The molecule has 1 aromatic rings. The van der Waals surface area contributed by atoms with Crippen molar-refractivity contribution < 1.29 is 4.79 Å². The number of nitrogens with one attached hydrogen (secondary N) is 1. The fourth-order valence-corrected chi connectivity index (χ4v) is 5.25. The van der Waals surface area contributed by atoms with E-state index >= 15 is 0 Å². The summed E-state index contributed by atoms with van der Waals surface area (Å²) >= 11 is 0. The standard InChI is InChI=1S/C23H31NO/c25-23(19-8-2-1-3-9-19)24-20-15-13-18(14-16-20)22-12-6-10-17-7-4-5-11-21(17)22/h10,13-16,19,21-22H,1-9,11-12H2,(H,24,25). The highest BCUT2D eigenvalue weighted by Gasteiger charge is 2.30. The Bertz CT molecular complexity index is 624. The van der Waals surface area contributed by atoms with Gasteiger partial charge in [0.05, 0.1) is 0 Å². The Labute approximate surface area is 152 Å². The Kier molecular flexibility index (Phi) is 5.24. The van der Waals surface area contributed by atoms with Crippen LogP contribution in [0, 0.1) is 11.8 Å². The topological polar surface area (TPSA) is 29.1 Å². The van der Waals surface area contributed by atoms with Crippen LogP contribution in [0.15, 0.2) is 35.9 Å². The predicted octanol–water partition coefficient (Wildman–Crippen LogP) is 6.20. The average molecular weight is 338 g/mol. The number of anilines is 1. The number of allylic oxidation sites excluding steroid dienone is 2. The van der Waals surface area contributed by atoms with Crippen molar-refractivity contribution in [2.75, 3.05) is 5.32 Å². The van der Waals surface area contributed by atoms with Gasteiger partial charge in [-0.15, -0.1) is 0 Å². The molecule has 0 aliphatic heterocycles. The molecule has 2 fully saturated rings. The summed E-state index contributed by atoms with van der Waals surface area (Å²) in [6, 6.07) is 8.77. The third kappa shape index (κ3) is 3.83. The van der Waals surface area contributed by atoms with E-state index in [4.69, 9.17) is 0 Å². The lowest BCUT2D eigenvalue weighted by molar-refractivity contribution is -0.120. The lowest BCUT2D eigenvalue weighted by Gasteiger charge is -2.36. The molecule has 2 atom stereocenters. The summed E-state index contributed by atoms with van der Waals surface area (Å²) in [4.78, 5) is 12.4. The fraction of sp³-hybridized carbons (Fsp3) is 0.609. The van der Waals surface area contributed by atoms with Crippen LogP contribution >= 0.6 is 0 Å². The maximum Gasteiger partial charge on any atom is 0.227 e. The molecule has 0 spiro atoms. The fourth-order valence-electron chi connectivity index (χ4n) is 5.25. The van der Waals surface area contributed by atoms with Gasteiger partial charge in [0.1, 0.15) is 0 Å². The predicted molar refractivity (Wildman–Crippen MR) is 104 cm³/mol. The van der Waals surface area contributed by atoms with Crippen molar-refractivity contribution in [3.8, 4) is 0 Å². The van der Waals surface area contributed by atoms with Crippen molar-refractivity contribution in [3.63, 3.8) is 0 Å². The molecule has 1 aromatic carbocycles. The molecule has 0 aromatic heterocycles. The molecule has 134 valence electrons. The summed E-state index contributed by atoms with van der Waals surface area (Å²) in [7, 11) is 0. The maximum absolute atomic E-state index is 12.4. The number of rotatable bonds is 3. The van der Waals surface area contributed by atoms with Crippen LogP contribution in [0.3, 0.4) is 0 Å². The Morgan fingerprint density at radius 1 is 0.840 bits per heavy atom. The molecule has 2 saturated carbocycles. The van der Waals surface area contributed by atoms with Gasteiger partial charge in [0, 0.05) is 11.6 Å². The Hall–Kier alpha value is -1.57. The molecule has 1 amide bonds. The Morgan fingerprint density at radius 3 is 2.40 bits per heavy atom. The first-order chi connectivity index (χ1) is 12.3. The molecule has 2 unspecified atom stereocenters. The van der Waals surface area contributed by atoms with Crippen LogP contribution in [0.25, 0.3) is 0 Å². The summed E-state index contributed by atoms with van der Waals surface area (Å²) < 4.78 is 0. The Morgan fingerprint density at radius 2 is 1.60 bits per heavy atom. The van der Waals surface area contributed by atoms with E-state index in [0.29, 0.717) is 5.92 Å². The monoisotopic (exact) mass is 337 g/mol. The molecule has 2 nitrogen and oxygen atoms in total. The molecule has 1 N–H and O–H groups in total. The molecular weight excluding hydrogens is 306 g/mol. The molecule has 25 heavy (non-hydrogen) atoms. The number of amides is 1. The van der Waals surface area contributed by atoms with Crippen LogP contribution < -0.4 is 5.32 Å². The van der Waals surface area contributed by atoms with E-state index in [9.17, 15) is 4.79 Å². The van der Waals surface area contributed by atoms with Crippen LogP contribution in [0.5, 0.6) is 0 Å². The highest BCUT2D eigenvalue weighted by Crippen LogP contribution is 2.45. The third-order valence-electron chi connectivity index (χ3n) is 6.66. The minimum atomic E-state index is 0.224. The van der Waals surface area contributed by atoms with Crippen LogP contribution in [0.1, 0.15) is 82.1 Å². The number of hydrogen-bond acceptors (Lipinski definition) is 1. The van der Waals surface area contributed by atoms with Gasteiger partial charge in [-0.3, -0.25) is 4.79 Å². The van der Waals surface area contributed by atoms with Crippen LogP contribution in [-0.2, 0) is 4.79 Å². The van der Waals surface area contributed by atoms with Gasteiger partial charge in [-0.25, -0.2) is 0 Å². The number of hydrogen-bond donors (Lipinski definition) is 1. The van der Waals surface area contributed by atoms with E-state index in [-0.39, 0.29) is 11.8 Å². The second kappa shape index (κ2) is 7.76. The molecule has 4 rings (SSSR count). The summed E-state index contributed by atoms with van der Waals surface area (Å²) in [5, 5.41) is 3.15. The number of benzene rings is 1. The molecular formula is C23H31NO. The van der Waals surface area contributed by atoms with E-state index in [2.05, 4.69) is 35.7 Å². The van der Waals surface area contributed by atoms with Gasteiger partial charge in [0.15, 0.2) is 0 Å². The van der Waals surface area contributed by atoms with E-state index in [1.54, 1.807) is 5.57 Å². The first-order valence-electron chi connectivity index (χ1n) is 10.4. The number of carbonyl (C=O) groups excluding carboxylic acids is 1. The lowest BCUT2D eigenvalue weighted by atomic mass is 9.69. The van der Waals surface area contributed by atoms with E-state index in [1.165, 1.54) is 63.4 Å². The van der Waals surface area contributed by atoms with Crippen LogP contribution in [-0.4, -0.2) is 5.91 Å². The summed E-state index contributed by atoms with van der Waals surface area (Å²) in [6.07, 6.45) is 16.3. The molecule has 3 aliphatic carbocycles. The molecule has 0 bridgehead atoms. The lowest BCUT2D eigenvalue weighted by Crippen LogP contribution is -2.24. The molecule has 0 saturated heterocycles. The zero-order chi connectivity index (χ0) is 17.1. The molecule has 0 heterocycles. The van der Waals surface area contributed by atoms with E-state index in [1.807, 2.05) is 0 Å². The van der Waals surface area contributed by atoms with Gasteiger partial charge in [-0.05, 0) is 74.5 Å². The van der Waals surface area contributed by atoms with Crippen LogP contribution in [0.2, 0.25) is 0 Å². The van der Waals surface area contributed by atoms with Gasteiger partial charge in [0.25, 0.3) is 0 Å². The SMILES string of the molecule is O=C(Nc1ccc(C2CCC=C3CCCCC32)cc1)C1CCCCC1. The highest BCUT2D eigenvalue weighted by atomic mass is 16.1. The van der Waals surface area contributed by atoms with Crippen molar-refractivity contribution in [2.24, 2.45) is 11.8 Å². The van der Waals surface area contributed by atoms with Gasteiger partial charge in [-0.2, -0.15) is 0 Å². The third-order valence-corrected chi connectivity index (χ3v) is 6.66. The normalized spacial score (nSPS) is 27.3. The zero-order valence-electron chi connectivity index (χ0n) is 15.3.